The summed E-state index contributed by atoms with van der Waals surface area (Å²) in [5.74, 6) is -2.16. The molecule has 0 radical (unpaired) electrons. The molecule has 3 nitrogen and oxygen atoms in total. The van der Waals surface area contributed by atoms with Crippen molar-refractivity contribution in [3.8, 4) is 22.3 Å². The number of carbonyl (C=O) groups is 1. The lowest BCUT2D eigenvalue weighted by atomic mass is 9.90. The van der Waals surface area contributed by atoms with Crippen molar-refractivity contribution >= 4 is 16.8 Å². The number of benzene rings is 3. The third-order valence-electron chi connectivity index (χ3n) is 4.84. The highest BCUT2D eigenvalue weighted by Gasteiger charge is 2.35. The minimum Gasteiger partial charge on any atom is -0.366 e. The summed E-state index contributed by atoms with van der Waals surface area (Å²) in [6.45, 7) is 0. The van der Waals surface area contributed by atoms with Crippen LogP contribution in [0, 0.1) is 5.82 Å². The van der Waals surface area contributed by atoms with E-state index in [4.69, 9.17) is 5.73 Å². The monoisotopic (exact) mass is 410 g/mol. The fourth-order valence-corrected chi connectivity index (χ4v) is 3.54. The molecule has 0 aliphatic rings. The van der Waals surface area contributed by atoms with Crippen LogP contribution in [-0.4, -0.2) is 10.9 Å². The Labute approximate surface area is 168 Å². The number of primary amides is 1. The zero-order chi connectivity index (χ0) is 21.5. The standard InChI is InChI=1S/C23H14F4N2O/c24-20-18(23(25,26)27)10-9-17-15(11-12-29-21(17)20)16-8-4-7-14(19(16)22(28)30)13-5-2-1-3-6-13/h1-12H,(H2,28,30). The van der Waals surface area contributed by atoms with Crippen LogP contribution in [-0.2, 0) is 6.18 Å². The second kappa shape index (κ2) is 7.26. The first kappa shape index (κ1) is 19.6. The number of hydrogen-bond donors (Lipinski definition) is 1. The lowest BCUT2D eigenvalue weighted by Crippen LogP contribution is -2.14. The molecule has 1 amide bonds. The molecule has 1 heterocycles. The van der Waals surface area contributed by atoms with Gasteiger partial charge < -0.3 is 5.73 Å². The van der Waals surface area contributed by atoms with E-state index in [9.17, 15) is 22.4 Å². The second-order valence-corrected chi connectivity index (χ2v) is 6.64. The number of amides is 1. The molecule has 2 N–H and O–H groups in total. The molecule has 0 fully saturated rings. The highest BCUT2D eigenvalue weighted by atomic mass is 19.4. The molecule has 0 aliphatic heterocycles. The molecule has 0 atom stereocenters. The van der Waals surface area contributed by atoms with E-state index < -0.39 is 29.0 Å². The van der Waals surface area contributed by atoms with E-state index in [1.807, 2.05) is 30.3 Å². The predicted octanol–water partition coefficient (Wildman–Crippen LogP) is 5.83. The maximum Gasteiger partial charge on any atom is 0.419 e. The van der Waals surface area contributed by atoms with E-state index >= 15 is 0 Å². The first-order valence-electron chi connectivity index (χ1n) is 8.92. The Balaban J connectivity index is 2.02. The third-order valence-corrected chi connectivity index (χ3v) is 4.84. The number of fused-ring (bicyclic) bond motifs is 1. The van der Waals surface area contributed by atoms with Crippen molar-refractivity contribution in [3.05, 3.63) is 89.9 Å². The molecule has 30 heavy (non-hydrogen) atoms. The largest absolute Gasteiger partial charge is 0.419 e. The van der Waals surface area contributed by atoms with E-state index in [0.717, 1.165) is 11.6 Å². The van der Waals surface area contributed by atoms with Gasteiger partial charge in [0, 0.05) is 11.6 Å². The maximum absolute atomic E-state index is 14.6. The number of nitrogens with zero attached hydrogens (tertiary/aromatic N) is 1. The molecule has 1 aromatic heterocycles. The highest BCUT2D eigenvalue weighted by molar-refractivity contribution is 6.09. The summed E-state index contributed by atoms with van der Waals surface area (Å²) in [5, 5.41) is 0.149. The van der Waals surface area contributed by atoms with E-state index in [1.54, 1.807) is 18.2 Å². The first-order chi connectivity index (χ1) is 14.3. The number of carbonyl (C=O) groups excluding carboxylic acids is 1. The van der Waals surface area contributed by atoms with Crippen molar-refractivity contribution in [2.24, 2.45) is 5.73 Å². The Morgan fingerprint density at radius 2 is 1.53 bits per heavy atom. The van der Waals surface area contributed by atoms with Gasteiger partial charge in [-0.3, -0.25) is 9.78 Å². The van der Waals surface area contributed by atoms with Crippen LogP contribution in [0.25, 0.3) is 33.2 Å². The average Bonchev–Trinajstić information content (AvgIpc) is 2.73. The van der Waals surface area contributed by atoms with Crippen LogP contribution in [0.2, 0.25) is 0 Å². The number of alkyl halides is 3. The van der Waals surface area contributed by atoms with Crippen LogP contribution in [0.1, 0.15) is 15.9 Å². The van der Waals surface area contributed by atoms with Gasteiger partial charge in [-0.2, -0.15) is 13.2 Å². The van der Waals surface area contributed by atoms with E-state index in [-0.39, 0.29) is 10.9 Å². The Kier molecular flexibility index (Phi) is 4.73. The fraction of sp³-hybridized carbons (Fsp3) is 0.0435. The molecule has 0 aliphatic carbocycles. The van der Waals surface area contributed by atoms with Gasteiger partial charge in [-0.15, -0.1) is 0 Å². The summed E-state index contributed by atoms with van der Waals surface area (Å²) in [6, 6.07) is 17.5. The highest BCUT2D eigenvalue weighted by Crippen LogP contribution is 2.39. The molecular weight excluding hydrogens is 396 g/mol. The minimum absolute atomic E-state index is 0.149. The molecule has 4 rings (SSSR count). The molecule has 0 spiro atoms. The van der Waals surface area contributed by atoms with Crippen LogP contribution in [0.5, 0.6) is 0 Å². The van der Waals surface area contributed by atoms with Crippen LogP contribution in [0.3, 0.4) is 0 Å². The lowest BCUT2D eigenvalue weighted by Gasteiger charge is -2.15. The van der Waals surface area contributed by atoms with Crippen molar-refractivity contribution in [1.82, 2.24) is 4.98 Å². The van der Waals surface area contributed by atoms with Gasteiger partial charge in [0.25, 0.3) is 0 Å². The van der Waals surface area contributed by atoms with E-state index in [1.165, 1.54) is 12.3 Å². The summed E-state index contributed by atoms with van der Waals surface area (Å²) >= 11 is 0. The molecule has 0 saturated carbocycles. The summed E-state index contributed by atoms with van der Waals surface area (Å²) in [6.07, 6.45) is -3.64. The topological polar surface area (TPSA) is 56.0 Å². The summed E-state index contributed by atoms with van der Waals surface area (Å²) in [7, 11) is 0. The summed E-state index contributed by atoms with van der Waals surface area (Å²) in [5.41, 5.74) is 6.10. The zero-order valence-electron chi connectivity index (χ0n) is 15.4. The second-order valence-electron chi connectivity index (χ2n) is 6.64. The van der Waals surface area contributed by atoms with Gasteiger partial charge in [0.2, 0.25) is 5.91 Å². The summed E-state index contributed by atoms with van der Waals surface area (Å²) < 4.78 is 53.8. The Morgan fingerprint density at radius 3 is 2.20 bits per heavy atom. The Bertz CT molecular complexity index is 1270. The maximum atomic E-state index is 14.6. The smallest absolute Gasteiger partial charge is 0.366 e. The van der Waals surface area contributed by atoms with Gasteiger partial charge in [-0.25, -0.2) is 4.39 Å². The lowest BCUT2D eigenvalue weighted by molar-refractivity contribution is -0.139. The van der Waals surface area contributed by atoms with Crippen LogP contribution in [0.15, 0.2) is 72.9 Å². The number of halogens is 4. The molecule has 7 heteroatoms. The summed E-state index contributed by atoms with van der Waals surface area (Å²) in [4.78, 5) is 16.2. The third kappa shape index (κ3) is 3.28. The van der Waals surface area contributed by atoms with Crippen LogP contribution >= 0.6 is 0 Å². The average molecular weight is 410 g/mol. The zero-order valence-corrected chi connectivity index (χ0v) is 15.4. The number of rotatable bonds is 3. The van der Waals surface area contributed by atoms with Crippen molar-refractivity contribution < 1.29 is 22.4 Å². The Morgan fingerprint density at radius 1 is 0.833 bits per heavy atom. The molecule has 4 aromatic rings. The SMILES string of the molecule is NC(=O)c1c(-c2ccccc2)cccc1-c1ccnc2c(F)c(C(F)(F)F)ccc12. The molecule has 150 valence electrons. The predicted molar refractivity (Wildman–Crippen MR) is 106 cm³/mol. The molecule has 0 unspecified atom stereocenters. The Hall–Kier alpha value is -3.74. The number of hydrogen-bond acceptors (Lipinski definition) is 2. The van der Waals surface area contributed by atoms with Crippen molar-refractivity contribution in [2.75, 3.05) is 0 Å². The molecule has 3 aromatic carbocycles. The minimum atomic E-state index is -4.85. The van der Waals surface area contributed by atoms with Gasteiger partial charge in [0.1, 0.15) is 5.52 Å². The van der Waals surface area contributed by atoms with Gasteiger partial charge >= 0.3 is 6.18 Å². The first-order valence-corrected chi connectivity index (χ1v) is 8.92. The fourth-order valence-electron chi connectivity index (χ4n) is 3.54. The van der Waals surface area contributed by atoms with Gasteiger partial charge in [-0.05, 0) is 34.4 Å². The molecular formula is C23H14F4N2O. The van der Waals surface area contributed by atoms with E-state index in [0.29, 0.717) is 22.8 Å². The van der Waals surface area contributed by atoms with Gasteiger partial charge in [0.15, 0.2) is 5.82 Å². The van der Waals surface area contributed by atoms with Crippen LogP contribution in [0.4, 0.5) is 17.6 Å². The quantitative estimate of drug-likeness (QED) is 0.432. The number of nitrogens with two attached hydrogens (primary N) is 1. The van der Waals surface area contributed by atoms with Crippen LogP contribution < -0.4 is 5.73 Å². The number of pyridine rings is 1. The van der Waals surface area contributed by atoms with Crippen molar-refractivity contribution in [3.63, 3.8) is 0 Å². The normalized spacial score (nSPS) is 11.6. The molecule has 0 saturated heterocycles. The number of aromatic nitrogens is 1. The van der Waals surface area contributed by atoms with E-state index in [2.05, 4.69) is 4.98 Å². The van der Waals surface area contributed by atoms with Gasteiger partial charge in [-0.1, -0.05) is 54.6 Å². The molecule has 0 bridgehead atoms. The van der Waals surface area contributed by atoms with Crippen molar-refractivity contribution in [2.45, 2.75) is 6.18 Å². The van der Waals surface area contributed by atoms with Gasteiger partial charge in [0.05, 0.1) is 11.1 Å². The van der Waals surface area contributed by atoms with Crippen molar-refractivity contribution in [1.29, 1.82) is 0 Å².